The largest absolute Gasteiger partial charge is 0.382 e. The lowest BCUT2D eigenvalue weighted by Gasteiger charge is -1.95. The van der Waals surface area contributed by atoms with Crippen molar-refractivity contribution in [3.05, 3.63) is 6.20 Å². The average molecular weight is 126 g/mol. The van der Waals surface area contributed by atoms with Crippen molar-refractivity contribution in [2.24, 2.45) is 7.05 Å². The van der Waals surface area contributed by atoms with Gasteiger partial charge in [0.1, 0.15) is 5.82 Å². The monoisotopic (exact) mass is 126 g/mol. The topological polar surface area (TPSA) is 55.9 Å². The first-order valence-electron chi connectivity index (χ1n) is 2.70. The Hall–Kier alpha value is -1.19. The summed E-state index contributed by atoms with van der Waals surface area (Å²) in [7, 11) is 3.69. The van der Waals surface area contributed by atoms with Crippen LogP contribution in [0.2, 0.25) is 0 Å². The van der Waals surface area contributed by atoms with Gasteiger partial charge in [-0.25, -0.2) is 0 Å². The lowest BCUT2D eigenvalue weighted by Crippen LogP contribution is -1.96. The summed E-state index contributed by atoms with van der Waals surface area (Å²) in [6, 6.07) is 0. The summed E-state index contributed by atoms with van der Waals surface area (Å²) in [5.41, 5.74) is 5.38. The van der Waals surface area contributed by atoms with Gasteiger partial charge in [-0.05, 0) is 0 Å². The number of hydrogen-bond donors (Lipinski definition) is 2. The van der Waals surface area contributed by atoms with E-state index in [1.54, 1.807) is 6.20 Å². The van der Waals surface area contributed by atoms with E-state index in [0.29, 0.717) is 5.82 Å². The molecule has 0 aliphatic rings. The fraction of sp³-hybridized carbons (Fsp3) is 0.400. The number of nitrogen functional groups attached to an aromatic ring is 1. The molecule has 0 aromatic carbocycles. The Morgan fingerprint density at radius 3 is 2.67 bits per heavy atom. The Labute approximate surface area is 53.7 Å². The number of nitrogens with two attached hydrogens (primary N) is 1. The van der Waals surface area contributed by atoms with Gasteiger partial charge in [0.2, 0.25) is 5.95 Å². The molecule has 1 aromatic rings. The molecule has 0 fully saturated rings. The van der Waals surface area contributed by atoms with Gasteiger partial charge in [-0.3, -0.25) is 0 Å². The SMILES string of the molecule is CNc1nc(N)cn1C. The van der Waals surface area contributed by atoms with Crippen molar-refractivity contribution in [2.45, 2.75) is 0 Å². The highest BCUT2D eigenvalue weighted by Gasteiger charge is 1.96. The summed E-state index contributed by atoms with van der Waals surface area (Å²) in [6.07, 6.45) is 1.76. The van der Waals surface area contributed by atoms with E-state index in [1.165, 1.54) is 0 Å². The second-order valence-electron chi connectivity index (χ2n) is 1.85. The molecule has 3 N–H and O–H groups in total. The van der Waals surface area contributed by atoms with Crippen LogP contribution in [0.4, 0.5) is 11.8 Å². The number of nitrogens with zero attached hydrogens (tertiary/aromatic N) is 2. The molecule has 4 heteroatoms. The highest BCUT2D eigenvalue weighted by atomic mass is 15.2. The van der Waals surface area contributed by atoms with Crippen molar-refractivity contribution in [3.8, 4) is 0 Å². The normalized spacial score (nSPS) is 9.56. The number of aromatic nitrogens is 2. The molecule has 50 valence electrons. The van der Waals surface area contributed by atoms with E-state index >= 15 is 0 Å². The quantitative estimate of drug-likeness (QED) is 0.558. The predicted molar refractivity (Wildman–Crippen MR) is 37.2 cm³/mol. The maximum Gasteiger partial charge on any atom is 0.204 e. The van der Waals surface area contributed by atoms with Gasteiger partial charge in [0.25, 0.3) is 0 Å². The molecule has 0 aliphatic heterocycles. The Balaban J connectivity index is 3.01. The van der Waals surface area contributed by atoms with E-state index in [9.17, 15) is 0 Å². The van der Waals surface area contributed by atoms with E-state index in [1.807, 2.05) is 18.7 Å². The summed E-state index contributed by atoms with van der Waals surface area (Å²) in [5, 5.41) is 2.89. The van der Waals surface area contributed by atoms with Gasteiger partial charge in [0.15, 0.2) is 0 Å². The fourth-order valence-electron chi connectivity index (χ4n) is 0.722. The summed E-state index contributed by atoms with van der Waals surface area (Å²) >= 11 is 0. The van der Waals surface area contributed by atoms with Crippen LogP contribution in [0.1, 0.15) is 0 Å². The number of nitrogens with one attached hydrogen (secondary N) is 1. The van der Waals surface area contributed by atoms with Crippen LogP contribution < -0.4 is 11.1 Å². The minimum atomic E-state index is 0.543. The average Bonchev–Trinajstić information content (AvgIpc) is 2.10. The molecule has 0 saturated carbocycles. The number of aryl methyl sites for hydroxylation is 1. The molecule has 4 nitrogen and oxygen atoms in total. The van der Waals surface area contributed by atoms with Crippen LogP contribution in [0, 0.1) is 0 Å². The molecule has 9 heavy (non-hydrogen) atoms. The molecular weight excluding hydrogens is 116 g/mol. The second kappa shape index (κ2) is 1.97. The molecule has 0 bridgehead atoms. The maximum absolute atomic E-state index is 5.38. The van der Waals surface area contributed by atoms with E-state index in [-0.39, 0.29) is 0 Å². The van der Waals surface area contributed by atoms with Crippen LogP contribution in [0.3, 0.4) is 0 Å². The van der Waals surface area contributed by atoms with Crippen LogP contribution in [0.25, 0.3) is 0 Å². The Morgan fingerprint density at radius 2 is 2.44 bits per heavy atom. The van der Waals surface area contributed by atoms with Crippen LogP contribution >= 0.6 is 0 Å². The molecule has 0 amide bonds. The standard InChI is InChI=1S/C5H10N4/c1-7-5-8-4(6)3-9(5)2/h3H,6H2,1-2H3,(H,7,8). The van der Waals surface area contributed by atoms with Crippen molar-refractivity contribution in [3.63, 3.8) is 0 Å². The zero-order valence-electron chi connectivity index (χ0n) is 5.55. The van der Waals surface area contributed by atoms with Gasteiger partial charge in [0, 0.05) is 20.3 Å². The molecule has 0 spiro atoms. The summed E-state index contributed by atoms with van der Waals surface area (Å²) < 4.78 is 1.83. The van der Waals surface area contributed by atoms with Crippen LogP contribution in [0.15, 0.2) is 6.20 Å². The first kappa shape index (κ1) is 5.94. The Kier molecular flexibility index (Phi) is 1.30. The van der Waals surface area contributed by atoms with Crippen LogP contribution in [0.5, 0.6) is 0 Å². The van der Waals surface area contributed by atoms with Gasteiger partial charge < -0.3 is 15.6 Å². The Bertz CT molecular complexity index is 203. The molecule has 0 radical (unpaired) electrons. The third-order valence-corrected chi connectivity index (χ3v) is 1.12. The predicted octanol–water partition coefficient (Wildman–Crippen LogP) is 0.0440. The van der Waals surface area contributed by atoms with Gasteiger partial charge in [-0.2, -0.15) is 4.98 Å². The summed E-state index contributed by atoms with van der Waals surface area (Å²) in [5.74, 6) is 1.33. The zero-order chi connectivity index (χ0) is 6.85. The van der Waals surface area contributed by atoms with Crippen molar-refractivity contribution in [1.29, 1.82) is 0 Å². The van der Waals surface area contributed by atoms with Gasteiger partial charge in [-0.15, -0.1) is 0 Å². The van der Waals surface area contributed by atoms with E-state index in [0.717, 1.165) is 5.95 Å². The summed E-state index contributed by atoms with van der Waals surface area (Å²) in [4.78, 5) is 3.96. The molecule has 1 rings (SSSR count). The second-order valence-corrected chi connectivity index (χ2v) is 1.85. The zero-order valence-corrected chi connectivity index (χ0v) is 5.55. The van der Waals surface area contributed by atoms with Gasteiger partial charge >= 0.3 is 0 Å². The fourth-order valence-corrected chi connectivity index (χ4v) is 0.722. The van der Waals surface area contributed by atoms with E-state index < -0.39 is 0 Å². The third kappa shape index (κ3) is 0.960. The van der Waals surface area contributed by atoms with Crippen molar-refractivity contribution >= 4 is 11.8 Å². The number of imidazole rings is 1. The third-order valence-electron chi connectivity index (χ3n) is 1.12. The number of hydrogen-bond acceptors (Lipinski definition) is 3. The molecule has 0 saturated heterocycles. The number of rotatable bonds is 1. The van der Waals surface area contributed by atoms with Crippen LogP contribution in [-0.2, 0) is 7.05 Å². The maximum atomic E-state index is 5.38. The molecule has 1 heterocycles. The number of anilines is 2. The Morgan fingerprint density at radius 1 is 1.78 bits per heavy atom. The minimum Gasteiger partial charge on any atom is -0.382 e. The van der Waals surface area contributed by atoms with E-state index in [2.05, 4.69) is 10.3 Å². The van der Waals surface area contributed by atoms with Crippen LogP contribution in [-0.4, -0.2) is 16.6 Å². The first-order chi connectivity index (χ1) is 4.24. The van der Waals surface area contributed by atoms with Crippen molar-refractivity contribution in [1.82, 2.24) is 9.55 Å². The molecule has 0 atom stereocenters. The van der Waals surface area contributed by atoms with Gasteiger partial charge in [0.05, 0.1) is 0 Å². The molecule has 0 unspecified atom stereocenters. The first-order valence-corrected chi connectivity index (χ1v) is 2.70. The minimum absolute atomic E-state index is 0.543. The summed E-state index contributed by atoms with van der Waals surface area (Å²) in [6.45, 7) is 0. The smallest absolute Gasteiger partial charge is 0.204 e. The molecule has 1 aromatic heterocycles. The van der Waals surface area contributed by atoms with Crippen molar-refractivity contribution in [2.75, 3.05) is 18.1 Å². The van der Waals surface area contributed by atoms with Gasteiger partial charge in [-0.1, -0.05) is 0 Å². The van der Waals surface area contributed by atoms with Crippen molar-refractivity contribution < 1.29 is 0 Å². The molecular formula is C5H10N4. The van der Waals surface area contributed by atoms with E-state index in [4.69, 9.17) is 5.73 Å². The lowest BCUT2D eigenvalue weighted by atomic mass is 10.8. The lowest BCUT2D eigenvalue weighted by molar-refractivity contribution is 0.920. The molecule has 0 aliphatic carbocycles. The highest BCUT2D eigenvalue weighted by molar-refractivity contribution is 5.37. The highest BCUT2D eigenvalue weighted by Crippen LogP contribution is 2.05.